The van der Waals surface area contributed by atoms with E-state index in [-0.39, 0.29) is 0 Å². The summed E-state index contributed by atoms with van der Waals surface area (Å²) in [5.74, 6) is 2.84. The Kier molecular flexibility index (Phi) is 6.04. The minimum absolute atomic E-state index is 0.523. The van der Waals surface area contributed by atoms with Crippen molar-refractivity contribution in [2.24, 2.45) is 4.99 Å². The van der Waals surface area contributed by atoms with Gasteiger partial charge in [-0.25, -0.2) is 15.0 Å². The lowest BCUT2D eigenvalue weighted by molar-refractivity contribution is 0.371. The Morgan fingerprint density at radius 1 is 1.03 bits per heavy atom. The third-order valence-electron chi connectivity index (χ3n) is 4.98. The normalized spacial score (nSPS) is 14.9. The summed E-state index contributed by atoms with van der Waals surface area (Å²) in [6, 6.07) is 16.3. The quantitative estimate of drug-likeness (QED) is 0.519. The highest BCUT2D eigenvalue weighted by atomic mass is 15.4. The molecule has 29 heavy (non-hydrogen) atoms. The molecule has 1 aliphatic rings. The highest BCUT2D eigenvalue weighted by Crippen LogP contribution is 2.16. The highest BCUT2D eigenvalue weighted by Gasteiger charge is 2.20. The van der Waals surface area contributed by atoms with Crippen molar-refractivity contribution in [1.82, 2.24) is 25.2 Å². The minimum Gasteiger partial charge on any atom is -0.357 e. The number of rotatable bonds is 5. The predicted molar refractivity (Wildman–Crippen MR) is 117 cm³/mol. The Bertz CT molecular complexity index is 913. The number of hydrogen-bond acceptors (Lipinski definition) is 4. The molecule has 1 aliphatic heterocycles. The van der Waals surface area contributed by atoms with E-state index in [1.54, 1.807) is 0 Å². The van der Waals surface area contributed by atoms with Crippen LogP contribution in [0.15, 0.2) is 65.9 Å². The van der Waals surface area contributed by atoms with Gasteiger partial charge in [0.15, 0.2) is 5.96 Å². The third kappa shape index (κ3) is 4.74. The largest absolute Gasteiger partial charge is 0.357 e. The number of anilines is 1. The molecule has 7 nitrogen and oxygen atoms in total. The van der Waals surface area contributed by atoms with E-state index < -0.39 is 0 Å². The number of aromatic amines is 1. The first kappa shape index (κ1) is 19.0. The van der Waals surface area contributed by atoms with Gasteiger partial charge in [0, 0.05) is 38.9 Å². The van der Waals surface area contributed by atoms with Crippen molar-refractivity contribution in [1.29, 1.82) is 0 Å². The fourth-order valence-corrected chi connectivity index (χ4v) is 3.47. The van der Waals surface area contributed by atoms with Gasteiger partial charge >= 0.3 is 0 Å². The van der Waals surface area contributed by atoms with Crippen molar-refractivity contribution >= 4 is 11.8 Å². The number of nitrogens with one attached hydrogen (secondary N) is 2. The van der Waals surface area contributed by atoms with Gasteiger partial charge in [-0.15, -0.1) is 0 Å². The lowest BCUT2D eigenvalue weighted by Crippen LogP contribution is -2.52. The number of pyridine rings is 1. The average Bonchev–Trinajstić information content (AvgIpc) is 3.27. The lowest BCUT2D eigenvalue weighted by Gasteiger charge is -2.37. The number of imidazole rings is 1. The number of hydrogen-bond donors (Lipinski definition) is 2. The molecular weight excluding hydrogens is 362 g/mol. The zero-order chi connectivity index (χ0) is 19.9. The van der Waals surface area contributed by atoms with Crippen LogP contribution in [0, 0.1) is 0 Å². The van der Waals surface area contributed by atoms with E-state index in [1.165, 1.54) is 0 Å². The molecule has 1 fully saturated rings. The zero-order valence-corrected chi connectivity index (χ0v) is 16.8. The van der Waals surface area contributed by atoms with Gasteiger partial charge in [0.2, 0.25) is 0 Å². The molecule has 150 valence electrons. The molecule has 4 rings (SSSR count). The van der Waals surface area contributed by atoms with Crippen molar-refractivity contribution in [3.05, 3.63) is 66.7 Å². The first-order chi connectivity index (χ1) is 14.3. The molecule has 0 spiro atoms. The van der Waals surface area contributed by atoms with E-state index in [1.807, 2.05) is 42.7 Å². The van der Waals surface area contributed by atoms with Crippen LogP contribution in [-0.2, 0) is 6.54 Å². The molecule has 0 saturated carbocycles. The molecule has 3 aromatic rings. The van der Waals surface area contributed by atoms with Crippen LogP contribution in [0.2, 0.25) is 0 Å². The molecule has 1 aromatic carbocycles. The summed E-state index contributed by atoms with van der Waals surface area (Å²) in [6.07, 6.45) is 3.72. The second kappa shape index (κ2) is 9.23. The van der Waals surface area contributed by atoms with Crippen molar-refractivity contribution in [2.75, 3.05) is 37.6 Å². The average molecular weight is 390 g/mol. The van der Waals surface area contributed by atoms with E-state index >= 15 is 0 Å². The summed E-state index contributed by atoms with van der Waals surface area (Å²) in [5, 5.41) is 3.42. The van der Waals surface area contributed by atoms with Gasteiger partial charge in [0.25, 0.3) is 0 Å². The Labute approximate surface area is 171 Å². The SMILES string of the molecule is CCNC(=NCc1ncc(-c2ccccc2)[nH]1)N1CCN(c2ccccn2)CC1. The molecule has 7 heteroatoms. The molecule has 0 atom stereocenters. The summed E-state index contributed by atoms with van der Waals surface area (Å²) >= 11 is 0. The molecule has 1 saturated heterocycles. The molecule has 0 bridgehead atoms. The number of guanidine groups is 1. The molecule has 3 heterocycles. The van der Waals surface area contributed by atoms with Crippen molar-refractivity contribution in [3.63, 3.8) is 0 Å². The molecule has 2 N–H and O–H groups in total. The first-order valence-electron chi connectivity index (χ1n) is 10.1. The van der Waals surface area contributed by atoms with Gasteiger partial charge in [-0.3, -0.25) is 0 Å². The van der Waals surface area contributed by atoms with Crippen LogP contribution >= 0.6 is 0 Å². The smallest absolute Gasteiger partial charge is 0.194 e. The van der Waals surface area contributed by atoms with Gasteiger partial charge < -0.3 is 20.1 Å². The fraction of sp³-hybridized carbons (Fsp3) is 0.318. The summed E-state index contributed by atoms with van der Waals surface area (Å²) in [5.41, 5.74) is 2.15. The lowest BCUT2D eigenvalue weighted by atomic mass is 10.2. The molecule has 0 amide bonds. The summed E-state index contributed by atoms with van der Waals surface area (Å²) in [7, 11) is 0. The summed E-state index contributed by atoms with van der Waals surface area (Å²) in [4.78, 5) is 21.8. The number of aliphatic imine (C=N–C) groups is 1. The number of nitrogens with zero attached hydrogens (tertiary/aromatic N) is 5. The van der Waals surface area contributed by atoms with Crippen molar-refractivity contribution in [3.8, 4) is 11.3 Å². The Morgan fingerprint density at radius 3 is 2.55 bits per heavy atom. The van der Waals surface area contributed by atoms with E-state index in [0.29, 0.717) is 6.54 Å². The minimum atomic E-state index is 0.523. The van der Waals surface area contributed by atoms with Crippen LogP contribution in [0.4, 0.5) is 5.82 Å². The molecule has 0 unspecified atom stereocenters. The number of H-pyrrole nitrogens is 1. The van der Waals surface area contributed by atoms with Crippen LogP contribution in [0.5, 0.6) is 0 Å². The monoisotopic (exact) mass is 389 g/mol. The maximum absolute atomic E-state index is 4.82. The molecule has 0 aliphatic carbocycles. The Hall–Kier alpha value is -3.35. The van der Waals surface area contributed by atoms with Crippen LogP contribution in [0.3, 0.4) is 0 Å². The number of aromatic nitrogens is 3. The standard InChI is InChI=1S/C22H27N7/c1-2-23-22(29-14-12-28(13-15-29)21-10-6-7-11-24-21)26-17-20-25-16-19(27-20)18-8-4-3-5-9-18/h3-11,16H,2,12-15,17H2,1H3,(H,23,26)(H,25,27). The van der Waals surface area contributed by atoms with E-state index in [2.05, 4.69) is 55.2 Å². The van der Waals surface area contributed by atoms with Gasteiger partial charge in [-0.05, 0) is 24.6 Å². The highest BCUT2D eigenvalue weighted by molar-refractivity contribution is 5.80. The van der Waals surface area contributed by atoms with E-state index in [9.17, 15) is 0 Å². The van der Waals surface area contributed by atoms with Crippen LogP contribution in [0.25, 0.3) is 11.3 Å². The van der Waals surface area contributed by atoms with Crippen molar-refractivity contribution < 1.29 is 0 Å². The number of piperazine rings is 1. The van der Waals surface area contributed by atoms with Crippen LogP contribution in [-0.4, -0.2) is 58.5 Å². The summed E-state index contributed by atoms with van der Waals surface area (Å²) in [6.45, 7) is 7.15. The fourth-order valence-electron chi connectivity index (χ4n) is 3.47. The Balaban J connectivity index is 1.39. The van der Waals surface area contributed by atoms with E-state index in [0.717, 1.165) is 61.6 Å². The first-order valence-corrected chi connectivity index (χ1v) is 10.1. The maximum Gasteiger partial charge on any atom is 0.194 e. The van der Waals surface area contributed by atoms with Crippen LogP contribution < -0.4 is 10.2 Å². The third-order valence-corrected chi connectivity index (χ3v) is 4.98. The van der Waals surface area contributed by atoms with Crippen molar-refractivity contribution in [2.45, 2.75) is 13.5 Å². The van der Waals surface area contributed by atoms with Crippen LogP contribution in [0.1, 0.15) is 12.7 Å². The topological polar surface area (TPSA) is 72.4 Å². The summed E-state index contributed by atoms with van der Waals surface area (Å²) < 4.78 is 0. The predicted octanol–water partition coefficient (Wildman–Crippen LogP) is 2.76. The van der Waals surface area contributed by atoms with Gasteiger partial charge in [-0.2, -0.15) is 0 Å². The molecule has 0 radical (unpaired) electrons. The zero-order valence-electron chi connectivity index (χ0n) is 16.8. The van der Waals surface area contributed by atoms with E-state index in [4.69, 9.17) is 4.99 Å². The molecular formula is C22H27N7. The maximum atomic E-state index is 4.82. The van der Waals surface area contributed by atoms with Gasteiger partial charge in [0.05, 0.1) is 11.9 Å². The molecule has 2 aromatic heterocycles. The Morgan fingerprint density at radius 2 is 1.83 bits per heavy atom. The van der Waals surface area contributed by atoms with Gasteiger partial charge in [0.1, 0.15) is 18.2 Å². The number of benzene rings is 1. The second-order valence-electron chi connectivity index (χ2n) is 6.94. The second-order valence-corrected chi connectivity index (χ2v) is 6.94. The van der Waals surface area contributed by atoms with Gasteiger partial charge in [-0.1, -0.05) is 36.4 Å².